The normalized spacial score (nSPS) is 10.6. The number of hydrogen-bond acceptors (Lipinski definition) is 3. The summed E-state index contributed by atoms with van der Waals surface area (Å²) in [6.07, 6.45) is 2.02. The molecule has 0 bridgehead atoms. The quantitative estimate of drug-likeness (QED) is 0.786. The van der Waals surface area contributed by atoms with Gasteiger partial charge >= 0.3 is 6.61 Å². The summed E-state index contributed by atoms with van der Waals surface area (Å²) in [6, 6.07) is 14.7. The minimum Gasteiger partial charge on any atom is -0.435 e. The first kappa shape index (κ1) is 14.7. The van der Waals surface area contributed by atoms with Gasteiger partial charge in [0.1, 0.15) is 5.75 Å². The molecule has 0 saturated heterocycles. The van der Waals surface area contributed by atoms with Gasteiger partial charge in [-0.25, -0.2) is 0 Å². The highest BCUT2D eigenvalue weighted by Crippen LogP contribution is 2.25. The highest BCUT2D eigenvalue weighted by Gasteiger charge is 2.04. The zero-order chi connectivity index (χ0) is 14.4. The smallest absolute Gasteiger partial charge is 0.387 e. The van der Waals surface area contributed by atoms with Gasteiger partial charge in [-0.2, -0.15) is 8.78 Å². The molecule has 0 heterocycles. The maximum absolute atomic E-state index is 12.0. The second-order valence-electron chi connectivity index (χ2n) is 4.08. The molecule has 0 aliphatic heterocycles. The third-order valence-corrected chi connectivity index (χ3v) is 3.53. The topological polar surface area (TPSA) is 21.3 Å². The second-order valence-corrected chi connectivity index (χ2v) is 4.92. The monoisotopic (exact) mass is 295 g/mol. The van der Waals surface area contributed by atoms with Crippen LogP contribution in [0.2, 0.25) is 0 Å². The molecule has 0 aliphatic carbocycles. The summed E-state index contributed by atoms with van der Waals surface area (Å²) in [4.78, 5) is 1.17. The van der Waals surface area contributed by atoms with Crippen LogP contribution in [0.15, 0.2) is 53.4 Å². The lowest BCUT2D eigenvalue weighted by atomic mass is 10.2. The SMILES string of the molecule is CSc1ccccc1NCc1ccc(OC(F)F)cc1. The zero-order valence-electron chi connectivity index (χ0n) is 11.0. The Hall–Kier alpha value is -1.75. The number of thioether (sulfide) groups is 1. The number of anilines is 1. The van der Waals surface area contributed by atoms with Crippen LogP contribution >= 0.6 is 11.8 Å². The summed E-state index contributed by atoms with van der Waals surface area (Å²) in [6.45, 7) is -2.15. The summed E-state index contributed by atoms with van der Waals surface area (Å²) in [5.74, 6) is 0.174. The third kappa shape index (κ3) is 4.13. The van der Waals surface area contributed by atoms with E-state index < -0.39 is 6.61 Å². The van der Waals surface area contributed by atoms with Crippen molar-refractivity contribution in [3.63, 3.8) is 0 Å². The Morgan fingerprint density at radius 2 is 1.80 bits per heavy atom. The molecule has 2 aromatic carbocycles. The molecule has 0 atom stereocenters. The van der Waals surface area contributed by atoms with Crippen LogP contribution < -0.4 is 10.1 Å². The lowest BCUT2D eigenvalue weighted by Crippen LogP contribution is -2.03. The molecule has 0 saturated carbocycles. The fraction of sp³-hybridized carbons (Fsp3) is 0.200. The number of nitrogens with one attached hydrogen (secondary N) is 1. The molecule has 0 radical (unpaired) electrons. The van der Waals surface area contributed by atoms with Gasteiger partial charge in [0.25, 0.3) is 0 Å². The Morgan fingerprint density at radius 1 is 1.10 bits per heavy atom. The van der Waals surface area contributed by atoms with E-state index in [1.807, 2.05) is 30.5 Å². The lowest BCUT2D eigenvalue weighted by Gasteiger charge is -2.11. The fourth-order valence-electron chi connectivity index (χ4n) is 1.78. The van der Waals surface area contributed by atoms with E-state index in [-0.39, 0.29) is 5.75 Å². The highest BCUT2D eigenvalue weighted by molar-refractivity contribution is 7.98. The number of para-hydroxylation sites is 1. The van der Waals surface area contributed by atoms with Gasteiger partial charge in [-0.3, -0.25) is 0 Å². The van der Waals surface area contributed by atoms with Crippen molar-refractivity contribution in [2.75, 3.05) is 11.6 Å². The predicted octanol–water partition coefficient (Wildman–Crippen LogP) is 4.62. The molecular formula is C15H15F2NOS. The van der Waals surface area contributed by atoms with E-state index in [2.05, 4.69) is 10.1 Å². The summed E-state index contributed by atoms with van der Waals surface area (Å²) in [5.41, 5.74) is 2.07. The van der Waals surface area contributed by atoms with E-state index in [1.54, 1.807) is 36.0 Å². The molecule has 5 heteroatoms. The highest BCUT2D eigenvalue weighted by atomic mass is 32.2. The third-order valence-electron chi connectivity index (χ3n) is 2.74. The van der Waals surface area contributed by atoms with Gasteiger partial charge in [0.15, 0.2) is 0 Å². The summed E-state index contributed by atoms with van der Waals surface area (Å²) < 4.78 is 28.4. The van der Waals surface area contributed by atoms with Gasteiger partial charge in [0.2, 0.25) is 0 Å². The molecule has 0 spiro atoms. The van der Waals surface area contributed by atoms with Crippen molar-refractivity contribution in [3.05, 3.63) is 54.1 Å². The Kier molecular flexibility index (Phi) is 5.24. The molecule has 20 heavy (non-hydrogen) atoms. The van der Waals surface area contributed by atoms with Crippen molar-refractivity contribution in [1.82, 2.24) is 0 Å². The average molecular weight is 295 g/mol. The van der Waals surface area contributed by atoms with Crippen LogP contribution in [0.25, 0.3) is 0 Å². The van der Waals surface area contributed by atoms with Crippen molar-refractivity contribution >= 4 is 17.4 Å². The standard InChI is InChI=1S/C15H15F2NOS/c1-20-14-5-3-2-4-13(14)18-10-11-6-8-12(9-7-11)19-15(16)17/h2-9,15,18H,10H2,1H3. The van der Waals surface area contributed by atoms with Crippen LogP contribution in [-0.4, -0.2) is 12.9 Å². The zero-order valence-corrected chi connectivity index (χ0v) is 11.8. The minimum absolute atomic E-state index is 0.174. The summed E-state index contributed by atoms with van der Waals surface area (Å²) in [7, 11) is 0. The molecular weight excluding hydrogens is 280 g/mol. The molecule has 0 aliphatic rings. The van der Waals surface area contributed by atoms with Gasteiger partial charge in [0.05, 0.1) is 0 Å². The number of ether oxygens (including phenoxy) is 1. The Bertz CT molecular complexity index is 546. The van der Waals surface area contributed by atoms with E-state index >= 15 is 0 Å². The second kappa shape index (κ2) is 7.14. The molecule has 2 rings (SSSR count). The van der Waals surface area contributed by atoms with Gasteiger partial charge in [-0.05, 0) is 36.1 Å². The van der Waals surface area contributed by atoms with Crippen molar-refractivity contribution in [1.29, 1.82) is 0 Å². The summed E-state index contributed by atoms with van der Waals surface area (Å²) in [5, 5.41) is 3.33. The van der Waals surface area contributed by atoms with Crippen molar-refractivity contribution in [2.24, 2.45) is 0 Å². The van der Waals surface area contributed by atoms with Crippen LogP contribution in [0, 0.1) is 0 Å². The first-order valence-corrected chi connectivity index (χ1v) is 7.32. The fourth-order valence-corrected chi connectivity index (χ4v) is 2.35. The van der Waals surface area contributed by atoms with Crippen LogP contribution in [0.1, 0.15) is 5.56 Å². The molecule has 0 unspecified atom stereocenters. The molecule has 2 aromatic rings. The van der Waals surface area contributed by atoms with Crippen molar-refractivity contribution in [2.45, 2.75) is 18.1 Å². The molecule has 106 valence electrons. The Balaban J connectivity index is 1.97. The van der Waals surface area contributed by atoms with E-state index in [0.717, 1.165) is 11.3 Å². The Morgan fingerprint density at radius 3 is 2.45 bits per heavy atom. The van der Waals surface area contributed by atoms with Crippen LogP contribution in [0.4, 0.5) is 14.5 Å². The minimum atomic E-state index is -2.78. The number of rotatable bonds is 6. The van der Waals surface area contributed by atoms with Gasteiger partial charge in [-0.1, -0.05) is 24.3 Å². The van der Waals surface area contributed by atoms with E-state index in [9.17, 15) is 8.78 Å². The summed E-state index contributed by atoms with van der Waals surface area (Å²) >= 11 is 1.67. The molecule has 0 amide bonds. The van der Waals surface area contributed by atoms with E-state index in [4.69, 9.17) is 0 Å². The Labute approximate surface area is 121 Å². The van der Waals surface area contributed by atoms with Gasteiger partial charge < -0.3 is 10.1 Å². The first-order valence-electron chi connectivity index (χ1n) is 6.09. The molecule has 0 fully saturated rings. The molecule has 1 N–H and O–H groups in total. The van der Waals surface area contributed by atoms with Crippen LogP contribution in [0.5, 0.6) is 5.75 Å². The van der Waals surface area contributed by atoms with Crippen LogP contribution in [-0.2, 0) is 6.54 Å². The number of hydrogen-bond donors (Lipinski definition) is 1. The van der Waals surface area contributed by atoms with Gasteiger partial charge in [0, 0.05) is 17.1 Å². The van der Waals surface area contributed by atoms with E-state index in [1.165, 1.54) is 4.90 Å². The van der Waals surface area contributed by atoms with Crippen molar-refractivity contribution in [3.8, 4) is 5.75 Å². The van der Waals surface area contributed by atoms with E-state index in [0.29, 0.717) is 6.54 Å². The van der Waals surface area contributed by atoms with Crippen LogP contribution in [0.3, 0.4) is 0 Å². The maximum Gasteiger partial charge on any atom is 0.387 e. The molecule has 2 nitrogen and oxygen atoms in total. The number of benzene rings is 2. The largest absolute Gasteiger partial charge is 0.435 e. The maximum atomic E-state index is 12.0. The lowest BCUT2D eigenvalue weighted by molar-refractivity contribution is -0.0498. The predicted molar refractivity (Wildman–Crippen MR) is 78.6 cm³/mol. The van der Waals surface area contributed by atoms with Gasteiger partial charge in [-0.15, -0.1) is 11.8 Å². The van der Waals surface area contributed by atoms with Crippen molar-refractivity contribution < 1.29 is 13.5 Å². The average Bonchev–Trinajstić information content (AvgIpc) is 2.46. The molecule has 0 aromatic heterocycles. The first-order chi connectivity index (χ1) is 9.69. The number of halogens is 2. The number of alkyl halides is 2.